The highest BCUT2D eigenvalue weighted by Gasteiger charge is 2.24. The second-order valence-corrected chi connectivity index (χ2v) is 5.28. The minimum Gasteiger partial charge on any atom is -0.480 e. The van der Waals surface area contributed by atoms with Gasteiger partial charge in [0.25, 0.3) is 5.56 Å². The van der Waals surface area contributed by atoms with Crippen LogP contribution in [0.1, 0.15) is 6.92 Å². The zero-order chi connectivity index (χ0) is 17.5. The van der Waals surface area contributed by atoms with Gasteiger partial charge in [0, 0.05) is 21.1 Å². The number of carbonyl (C=O) groups excluding carboxylic acids is 1. The van der Waals surface area contributed by atoms with E-state index in [0.29, 0.717) is 0 Å². The highest BCUT2D eigenvalue weighted by Crippen LogP contribution is 2.03. The van der Waals surface area contributed by atoms with Crippen molar-refractivity contribution in [2.75, 3.05) is 7.05 Å². The normalized spacial score (nSPS) is 12.3. The predicted octanol–water partition coefficient (Wildman–Crippen LogP) is -1.63. The second-order valence-electron chi connectivity index (χ2n) is 5.28. The Hall–Kier alpha value is -2.91. The highest BCUT2D eigenvalue weighted by molar-refractivity contribution is 5.83. The summed E-state index contributed by atoms with van der Waals surface area (Å²) in [6.07, 6.45) is 1.40. The third kappa shape index (κ3) is 2.62. The Morgan fingerprint density at radius 1 is 1.35 bits per heavy atom. The fourth-order valence-corrected chi connectivity index (χ4v) is 2.16. The van der Waals surface area contributed by atoms with Crippen molar-refractivity contribution in [2.45, 2.75) is 19.5 Å². The molecular weight excluding hydrogens is 306 g/mol. The Labute approximate surface area is 130 Å². The molecule has 1 amide bonds. The van der Waals surface area contributed by atoms with Gasteiger partial charge in [-0.1, -0.05) is 0 Å². The molecule has 0 saturated carbocycles. The molecule has 1 N–H and O–H groups in total. The number of carboxylic acid groups (broad SMARTS) is 1. The molecule has 1 atom stereocenters. The standard InChI is InChI=1S/C13H17N5O5/c1-7(12(21)22)16(3)8(19)5-18-11(20)9-10(14-6-15(9)2)17(4)13(18)23/h6-7H,5H2,1-4H3,(H,21,22). The number of hydrogen-bond donors (Lipinski definition) is 1. The summed E-state index contributed by atoms with van der Waals surface area (Å²) in [5, 5.41) is 8.93. The molecule has 0 radical (unpaired) electrons. The van der Waals surface area contributed by atoms with Gasteiger partial charge in [-0.05, 0) is 6.92 Å². The van der Waals surface area contributed by atoms with Crippen molar-refractivity contribution in [3.63, 3.8) is 0 Å². The van der Waals surface area contributed by atoms with Crippen molar-refractivity contribution < 1.29 is 14.7 Å². The molecule has 0 fully saturated rings. The van der Waals surface area contributed by atoms with Crippen LogP contribution in [0.2, 0.25) is 0 Å². The number of nitrogens with zero attached hydrogens (tertiary/aromatic N) is 5. The summed E-state index contributed by atoms with van der Waals surface area (Å²) in [5.74, 6) is -1.83. The first-order valence-electron chi connectivity index (χ1n) is 6.76. The molecule has 2 aromatic rings. The van der Waals surface area contributed by atoms with Crippen LogP contribution >= 0.6 is 0 Å². The second kappa shape index (κ2) is 5.71. The van der Waals surface area contributed by atoms with Crippen molar-refractivity contribution in [1.82, 2.24) is 23.6 Å². The molecule has 1 unspecified atom stereocenters. The zero-order valence-corrected chi connectivity index (χ0v) is 13.2. The van der Waals surface area contributed by atoms with Gasteiger partial charge in [0.1, 0.15) is 12.6 Å². The van der Waals surface area contributed by atoms with Crippen LogP contribution in [0.3, 0.4) is 0 Å². The number of carbonyl (C=O) groups is 2. The average Bonchev–Trinajstić information content (AvgIpc) is 2.89. The summed E-state index contributed by atoms with van der Waals surface area (Å²) in [4.78, 5) is 52.8. The molecule has 0 aromatic carbocycles. The number of amides is 1. The number of carboxylic acids is 1. The number of aryl methyl sites for hydroxylation is 2. The maximum Gasteiger partial charge on any atom is 0.332 e. The van der Waals surface area contributed by atoms with E-state index in [4.69, 9.17) is 5.11 Å². The molecule has 0 aliphatic carbocycles. The molecule has 23 heavy (non-hydrogen) atoms. The molecule has 0 aliphatic rings. The quantitative estimate of drug-likeness (QED) is 0.721. The maximum atomic E-state index is 12.4. The van der Waals surface area contributed by atoms with Crippen LogP contribution in [0.25, 0.3) is 11.2 Å². The van der Waals surface area contributed by atoms with E-state index in [1.54, 1.807) is 7.05 Å². The Balaban J connectivity index is 2.51. The molecule has 2 aromatic heterocycles. The largest absolute Gasteiger partial charge is 0.480 e. The van der Waals surface area contributed by atoms with Gasteiger partial charge in [-0.25, -0.2) is 19.1 Å². The number of rotatable bonds is 4. The average molecular weight is 323 g/mol. The number of aliphatic carboxylic acids is 1. The monoisotopic (exact) mass is 323 g/mol. The lowest BCUT2D eigenvalue weighted by Crippen LogP contribution is -2.47. The van der Waals surface area contributed by atoms with Gasteiger partial charge in [-0.15, -0.1) is 0 Å². The molecular formula is C13H17N5O5. The van der Waals surface area contributed by atoms with Gasteiger partial charge in [0.2, 0.25) is 5.91 Å². The molecule has 2 rings (SSSR count). The summed E-state index contributed by atoms with van der Waals surface area (Å²) in [7, 11) is 4.35. The summed E-state index contributed by atoms with van der Waals surface area (Å²) < 4.78 is 3.41. The molecule has 0 spiro atoms. The minimum atomic E-state index is -1.18. The molecule has 0 bridgehead atoms. The summed E-state index contributed by atoms with van der Waals surface area (Å²) in [6.45, 7) is 0.798. The smallest absolute Gasteiger partial charge is 0.332 e. The summed E-state index contributed by atoms with van der Waals surface area (Å²) in [5.41, 5.74) is -0.925. The minimum absolute atomic E-state index is 0.189. The van der Waals surface area contributed by atoms with E-state index in [1.165, 1.54) is 36.5 Å². The topological polar surface area (TPSA) is 119 Å². The van der Waals surface area contributed by atoms with Crippen LogP contribution in [-0.2, 0) is 30.2 Å². The number of hydrogen-bond acceptors (Lipinski definition) is 5. The van der Waals surface area contributed by atoms with E-state index in [9.17, 15) is 19.2 Å². The van der Waals surface area contributed by atoms with Crippen molar-refractivity contribution in [3.8, 4) is 0 Å². The third-order valence-electron chi connectivity index (χ3n) is 3.83. The fourth-order valence-electron chi connectivity index (χ4n) is 2.16. The van der Waals surface area contributed by atoms with Crippen LogP contribution in [-0.4, -0.2) is 53.7 Å². The number of likely N-dealkylation sites (N-methyl/N-ethyl adjacent to an activating group) is 1. The van der Waals surface area contributed by atoms with E-state index in [2.05, 4.69) is 4.98 Å². The van der Waals surface area contributed by atoms with Crippen molar-refractivity contribution >= 4 is 23.0 Å². The van der Waals surface area contributed by atoms with Gasteiger partial charge < -0.3 is 14.6 Å². The summed E-state index contributed by atoms with van der Waals surface area (Å²) in [6, 6.07) is -1.07. The van der Waals surface area contributed by atoms with Gasteiger partial charge in [0.15, 0.2) is 11.2 Å². The van der Waals surface area contributed by atoms with Crippen molar-refractivity contribution in [3.05, 3.63) is 27.2 Å². The van der Waals surface area contributed by atoms with Crippen LogP contribution in [0.4, 0.5) is 0 Å². The summed E-state index contributed by atoms with van der Waals surface area (Å²) >= 11 is 0. The Kier molecular flexibility index (Phi) is 4.08. The maximum absolute atomic E-state index is 12.4. The first-order chi connectivity index (χ1) is 10.7. The van der Waals surface area contributed by atoms with Crippen LogP contribution < -0.4 is 11.2 Å². The Morgan fingerprint density at radius 3 is 2.52 bits per heavy atom. The van der Waals surface area contributed by atoms with Gasteiger partial charge in [0.05, 0.1) is 6.33 Å². The van der Waals surface area contributed by atoms with E-state index in [0.717, 1.165) is 9.47 Å². The van der Waals surface area contributed by atoms with Crippen LogP contribution in [0.15, 0.2) is 15.9 Å². The lowest BCUT2D eigenvalue weighted by Gasteiger charge is -2.21. The molecule has 124 valence electrons. The lowest BCUT2D eigenvalue weighted by atomic mass is 10.3. The van der Waals surface area contributed by atoms with Crippen LogP contribution in [0, 0.1) is 0 Å². The van der Waals surface area contributed by atoms with E-state index in [1.807, 2.05) is 0 Å². The fraction of sp³-hybridized carbons (Fsp3) is 0.462. The highest BCUT2D eigenvalue weighted by atomic mass is 16.4. The number of aromatic nitrogens is 4. The van der Waals surface area contributed by atoms with Gasteiger partial charge in [-0.3, -0.25) is 14.2 Å². The zero-order valence-electron chi connectivity index (χ0n) is 13.2. The van der Waals surface area contributed by atoms with E-state index in [-0.39, 0.29) is 11.2 Å². The SMILES string of the molecule is CC(C(=O)O)N(C)C(=O)Cn1c(=O)c2c(ncn2C)n(C)c1=O. The molecule has 0 saturated heterocycles. The van der Waals surface area contributed by atoms with E-state index >= 15 is 0 Å². The Bertz CT molecular complexity index is 906. The molecule has 10 nitrogen and oxygen atoms in total. The number of fused-ring (bicyclic) bond motifs is 1. The number of imidazole rings is 1. The van der Waals surface area contributed by atoms with E-state index < -0.39 is 35.7 Å². The van der Waals surface area contributed by atoms with Crippen LogP contribution in [0.5, 0.6) is 0 Å². The Morgan fingerprint density at radius 2 is 1.96 bits per heavy atom. The van der Waals surface area contributed by atoms with Gasteiger partial charge in [-0.2, -0.15) is 0 Å². The third-order valence-corrected chi connectivity index (χ3v) is 3.83. The van der Waals surface area contributed by atoms with Crippen molar-refractivity contribution in [2.24, 2.45) is 14.1 Å². The first-order valence-corrected chi connectivity index (χ1v) is 6.76. The molecule has 10 heteroatoms. The molecule has 0 aliphatic heterocycles. The molecule has 2 heterocycles. The first kappa shape index (κ1) is 16.5. The predicted molar refractivity (Wildman–Crippen MR) is 80.1 cm³/mol. The lowest BCUT2D eigenvalue weighted by molar-refractivity contribution is -0.148. The van der Waals surface area contributed by atoms with Crippen molar-refractivity contribution in [1.29, 1.82) is 0 Å². The van der Waals surface area contributed by atoms with Gasteiger partial charge >= 0.3 is 11.7 Å².